The monoisotopic (exact) mass is 287 g/mol. The van der Waals surface area contributed by atoms with E-state index in [1.54, 1.807) is 31.4 Å². The number of benzene rings is 2. The first-order chi connectivity index (χ1) is 10.2. The van der Waals surface area contributed by atoms with Crippen molar-refractivity contribution < 1.29 is 18.6 Å². The Kier molecular flexibility index (Phi) is 4.99. The molecule has 0 bridgehead atoms. The van der Waals surface area contributed by atoms with Crippen LogP contribution in [0.4, 0.5) is 4.39 Å². The first-order valence-electron chi connectivity index (χ1n) is 6.32. The lowest BCUT2D eigenvalue weighted by molar-refractivity contribution is 0.211. The van der Waals surface area contributed by atoms with Crippen LogP contribution in [-0.4, -0.2) is 20.3 Å². The average Bonchev–Trinajstić information content (AvgIpc) is 2.53. The molecule has 108 valence electrons. The Morgan fingerprint density at radius 1 is 1.00 bits per heavy atom. The van der Waals surface area contributed by atoms with Crippen LogP contribution < -0.4 is 14.2 Å². The molecule has 0 radical (unpaired) electrons. The lowest BCUT2D eigenvalue weighted by Gasteiger charge is -2.09. The first-order valence-corrected chi connectivity index (χ1v) is 6.32. The van der Waals surface area contributed by atoms with Crippen molar-refractivity contribution in [3.8, 4) is 23.3 Å². The molecule has 0 aliphatic carbocycles. The lowest BCUT2D eigenvalue weighted by atomic mass is 10.2. The molecule has 0 aromatic heterocycles. The van der Waals surface area contributed by atoms with Gasteiger partial charge in [0.2, 0.25) is 0 Å². The minimum absolute atomic E-state index is 0.104. The third-order valence-electron chi connectivity index (χ3n) is 2.73. The smallest absolute Gasteiger partial charge is 0.166 e. The number of nitrogens with zero attached hydrogens (tertiary/aromatic N) is 1. The fourth-order valence-corrected chi connectivity index (χ4v) is 1.67. The summed E-state index contributed by atoms with van der Waals surface area (Å²) in [5, 5.41) is 8.64. The summed E-state index contributed by atoms with van der Waals surface area (Å²) < 4.78 is 29.3. The van der Waals surface area contributed by atoms with Gasteiger partial charge in [0, 0.05) is 0 Å². The highest BCUT2D eigenvalue weighted by atomic mass is 19.1. The van der Waals surface area contributed by atoms with Gasteiger partial charge in [0.15, 0.2) is 11.6 Å². The van der Waals surface area contributed by atoms with E-state index in [9.17, 15) is 4.39 Å². The van der Waals surface area contributed by atoms with E-state index in [-0.39, 0.29) is 24.5 Å². The van der Waals surface area contributed by atoms with Gasteiger partial charge in [-0.05, 0) is 42.5 Å². The van der Waals surface area contributed by atoms with Crippen LogP contribution in [0.1, 0.15) is 5.56 Å². The van der Waals surface area contributed by atoms with Crippen molar-refractivity contribution in [3.63, 3.8) is 0 Å². The molecule has 4 nitrogen and oxygen atoms in total. The minimum atomic E-state index is -0.557. The fourth-order valence-electron chi connectivity index (χ4n) is 1.67. The molecule has 0 atom stereocenters. The number of methoxy groups -OCH3 is 1. The second kappa shape index (κ2) is 7.15. The molecular weight excluding hydrogens is 273 g/mol. The topological polar surface area (TPSA) is 51.5 Å². The van der Waals surface area contributed by atoms with Crippen LogP contribution in [0.15, 0.2) is 42.5 Å². The van der Waals surface area contributed by atoms with Crippen molar-refractivity contribution in [3.05, 3.63) is 53.8 Å². The summed E-state index contributed by atoms with van der Waals surface area (Å²) in [6.45, 7) is 0.487. The summed E-state index contributed by atoms with van der Waals surface area (Å²) in [5.41, 5.74) is 0.259. The Morgan fingerprint density at radius 2 is 1.67 bits per heavy atom. The van der Waals surface area contributed by atoms with E-state index in [0.29, 0.717) is 5.75 Å². The molecule has 0 saturated heterocycles. The molecule has 5 heteroatoms. The van der Waals surface area contributed by atoms with E-state index >= 15 is 0 Å². The van der Waals surface area contributed by atoms with Crippen molar-refractivity contribution in [2.24, 2.45) is 0 Å². The highest BCUT2D eigenvalue weighted by Crippen LogP contribution is 2.19. The van der Waals surface area contributed by atoms with Gasteiger partial charge in [-0.15, -0.1) is 0 Å². The Morgan fingerprint density at radius 3 is 2.29 bits per heavy atom. The third-order valence-corrected chi connectivity index (χ3v) is 2.73. The molecule has 0 unspecified atom stereocenters. The van der Waals surface area contributed by atoms with Gasteiger partial charge in [0.05, 0.1) is 18.7 Å². The Labute approximate surface area is 122 Å². The van der Waals surface area contributed by atoms with Crippen LogP contribution in [0.3, 0.4) is 0 Å². The van der Waals surface area contributed by atoms with Gasteiger partial charge in [-0.25, -0.2) is 4.39 Å². The van der Waals surface area contributed by atoms with E-state index in [2.05, 4.69) is 0 Å². The van der Waals surface area contributed by atoms with Crippen molar-refractivity contribution in [2.45, 2.75) is 0 Å². The Bertz CT molecular complexity index is 635. The molecular formula is C16H14FNO3. The lowest BCUT2D eigenvalue weighted by Crippen LogP contribution is -2.09. The van der Waals surface area contributed by atoms with Crippen LogP contribution in [0.5, 0.6) is 17.2 Å². The quantitative estimate of drug-likeness (QED) is 0.766. The highest BCUT2D eigenvalue weighted by molar-refractivity contribution is 5.36. The van der Waals surface area contributed by atoms with E-state index in [0.717, 1.165) is 11.8 Å². The van der Waals surface area contributed by atoms with Crippen LogP contribution >= 0.6 is 0 Å². The zero-order valence-corrected chi connectivity index (χ0v) is 11.5. The van der Waals surface area contributed by atoms with Crippen LogP contribution in [0.2, 0.25) is 0 Å². The molecule has 2 aromatic carbocycles. The fraction of sp³-hybridized carbons (Fsp3) is 0.188. The van der Waals surface area contributed by atoms with Gasteiger partial charge in [-0.2, -0.15) is 5.26 Å². The van der Waals surface area contributed by atoms with Crippen molar-refractivity contribution >= 4 is 0 Å². The summed E-state index contributed by atoms with van der Waals surface area (Å²) in [6.07, 6.45) is 0. The summed E-state index contributed by atoms with van der Waals surface area (Å²) in [5.74, 6) is 0.976. The summed E-state index contributed by atoms with van der Waals surface area (Å²) in [4.78, 5) is 0. The maximum absolute atomic E-state index is 13.5. The SMILES string of the molecule is COc1ccc(OCCOc2ccc(C#N)cc2F)cc1. The summed E-state index contributed by atoms with van der Waals surface area (Å²) in [6, 6.07) is 13.1. The summed E-state index contributed by atoms with van der Waals surface area (Å²) in [7, 11) is 1.59. The molecule has 0 spiro atoms. The van der Waals surface area contributed by atoms with Gasteiger partial charge >= 0.3 is 0 Å². The van der Waals surface area contributed by atoms with Crippen molar-refractivity contribution in [2.75, 3.05) is 20.3 Å². The molecule has 0 aliphatic heterocycles. The number of hydrogen-bond donors (Lipinski definition) is 0. The second-order valence-corrected chi connectivity index (χ2v) is 4.13. The number of halogens is 1. The Hall–Kier alpha value is -2.74. The Balaban J connectivity index is 1.80. The largest absolute Gasteiger partial charge is 0.497 e. The van der Waals surface area contributed by atoms with Crippen molar-refractivity contribution in [1.82, 2.24) is 0 Å². The summed E-state index contributed by atoms with van der Waals surface area (Å²) >= 11 is 0. The van der Waals surface area contributed by atoms with Gasteiger partial charge in [-0.1, -0.05) is 0 Å². The van der Waals surface area contributed by atoms with Crippen LogP contribution in [0, 0.1) is 17.1 Å². The van der Waals surface area contributed by atoms with E-state index < -0.39 is 5.82 Å². The predicted molar refractivity (Wildman–Crippen MR) is 75.1 cm³/mol. The predicted octanol–water partition coefficient (Wildman–Crippen LogP) is 3.16. The third kappa shape index (κ3) is 4.11. The van der Waals surface area contributed by atoms with Crippen molar-refractivity contribution in [1.29, 1.82) is 5.26 Å². The number of hydrogen-bond acceptors (Lipinski definition) is 4. The van der Waals surface area contributed by atoms with Gasteiger partial charge < -0.3 is 14.2 Å². The first kappa shape index (κ1) is 14.7. The van der Waals surface area contributed by atoms with E-state index in [4.69, 9.17) is 19.5 Å². The van der Waals surface area contributed by atoms with E-state index in [1.165, 1.54) is 12.1 Å². The minimum Gasteiger partial charge on any atom is -0.497 e. The molecule has 0 aliphatic rings. The molecule has 0 fully saturated rings. The zero-order chi connectivity index (χ0) is 15.1. The zero-order valence-electron chi connectivity index (χ0n) is 11.5. The molecule has 2 aromatic rings. The molecule has 0 amide bonds. The molecule has 0 saturated carbocycles. The van der Waals surface area contributed by atoms with Crippen LogP contribution in [0.25, 0.3) is 0 Å². The van der Waals surface area contributed by atoms with Gasteiger partial charge in [-0.3, -0.25) is 0 Å². The number of rotatable bonds is 6. The van der Waals surface area contributed by atoms with E-state index in [1.807, 2.05) is 6.07 Å². The average molecular weight is 287 g/mol. The molecule has 0 N–H and O–H groups in total. The van der Waals surface area contributed by atoms with Gasteiger partial charge in [0.25, 0.3) is 0 Å². The molecule has 21 heavy (non-hydrogen) atoms. The normalized spacial score (nSPS) is 9.76. The van der Waals surface area contributed by atoms with Crippen LogP contribution in [-0.2, 0) is 0 Å². The maximum atomic E-state index is 13.5. The number of ether oxygens (including phenoxy) is 3. The van der Waals surface area contributed by atoms with Gasteiger partial charge in [0.1, 0.15) is 24.7 Å². The highest BCUT2D eigenvalue weighted by Gasteiger charge is 2.04. The number of nitriles is 1. The molecule has 0 heterocycles. The molecule has 2 rings (SSSR count). The standard InChI is InChI=1S/C16H14FNO3/c1-19-13-3-5-14(6-4-13)20-8-9-21-16-7-2-12(11-18)10-15(16)17/h2-7,10H,8-9H2,1H3. The maximum Gasteiger partial charge on any atom is 0.166 e. The second-order valence-electron chi connectivity index (χ2n) is 4.13.